The summed E-state index contributed by atoms with van der Waals surface area (Å²) in [5, 5.41) is 11.1. The van der Waals surface area contributed by atoms with Gasteiger partial charge in [0, 0.05) is 24.2 Å². The first-order chi connectivity index (χ1) is 14.8. The average molecular weight is 436 g/mol. The van der Waals surface area contributed by atoms with Crippen molar-refractivity contribution < 1.29 is 13.3 Å². The van der Waals surface area contributed by atoms with E-state index in [0.29, 0.717) is 29.1 Å². The number of aryl methyl sites for hydroxylation is 2. The first-order valence-corrected chi connectivity index (χ1v) is 11.1. The van der Waals surface area contributed by atoms with E-state index in [2.05, 4.69) is 9.71 Å². The molecule has 0 spiro atoms. The fraction of sp³-hybridized carbons (Fsp3) is 0.136. The van der Waals surface area contributed by atoms with Crippen LogP contribution in [0.1, 0.15) is 12.5 Å². The number of rotatable bonds is 6. The summed E-state index contributed by atoms with van der Waals surface area (Å²) >= 11 is 0. The molecule has 1 heterocycles. The number of hydrogen-bond acceptors (Lipinski definition) is 5. The summed E-state index contributed by atoms with van der Waals surface area (Å²) in [6, 6.07) is 18.1. The van der Waals surface area contributed by atoms with Crippen molar-refractivity contribution in [2.45, 2.75) is 25.3 Å². The molecule has 0 fully saturated rings. The molecule has 0 saturated carbocycles. The SMILES string of the molecule is CCn1c(-c2ccccc2NS(=O)(=O)c2ccc(C)cc2)nc2cc([N+](=O)[O-])ccc21. The van der Waals surface area contributed by atoms with Gasteiger partial charge < -0.3 is 4.57 Å². The highest BCUT2D eigenvalue weighted by atomic mass is 32.2. The van der Waals surface area contributed by atoms with Crippen molar-refractivity contribution in [3.8, 4) is 11.4 Å². The molecule has 0 unspecified atom stereocenters. The summed E-state index contributed by atoms with van der Waals surface area (Å²) in [6.07, 6.45) is 0. The van der Waals surface area contributed by atoms with Crippen LogP contribution in [0.2, 0.25) is 0 Å². The monoisotopic (exact) mass is 436 g/mol. The Balaban J connectivity index is 1.82. The number of fused-ring (bicyclic) bond motifs is 1. The molecule has 0 bridgehead atoms. The zero-order chi connectivity index (χ0) is 22.2. The van der Waals surface area contributed by atoms with Crippen LogP contribution in [0.15, 0.2) is 71.6 Å². The highest BCUT2D eigenvalue weighted by Gasteiger charge is 2.20. The zero-order valence-corrected chi connectivity index (χ0v) is 17.8. The van der Waals surface area contributed by atoms with Crippen LogP contribution < -0.4 is 4.72 Å². The van der Waals surface area contributed by atoms with E-state index >= 15 is 0 Å². The molecule has 0 saturated heterocycles. The van der Waals surface area contributed by atoms with E-state index in [-0.39, 0.29) is 10.6 Å². The highest BCUT2D eigenvalue weighted by molar-refractivity contribution is 7.92. The summed E-state index contributed by atoms with van der Waals surface area (Å²) in [4.78, 5) is 15.4. The Bertz CT molecular complexity index is 1390. The number of imidazole rings is 1. The third-order valence-electron chi connectivity index (χ3n) is 5.00. The summed E-state index contributed by atoms with van der Waals surface area (Å²) in [6.45, 7) is 4.38. The molecule has 1 aromatic heterocycles. The van der Waals surface area contributed by atoms with Gasteiger partial charge >= 0.3 is 0 Å². The highest BCUT2D eigenvalue weighted by Crippen LogP contribution is 2.33. The third-order valence-corrected chi connectivity index (χ3v) is 6.38. The van der Waals surface area contributed by atoms with E-state index in [4.69, 9.17) is 0 Å². The van der Waals surface area contributed by atoms with Crippen molar-refractivity contribution in [1.29, 1.82) is 0 Å². The number of nitrogens with zero attached hydrogens (tertiary/aromatic N) is 3. The third kappa shape index (κ3) is 3.87. The van der Waals surface area contributed by atoms with Crippen molar-refractivity contribution in [3.05, 3.63) is 82.4 Å². The van der Waals surface area contributed by atoms with Crippen LogP contribution in [0.25, 0.3) is 22.4 Å². The predicted octanol–water partition coefficient (Wildman–Crippen LogP) is 4.74. The number of non-ortho nitro benzene ring substituents is 1. The second-order valence-corrected chi connectivity index (χ2v) is 8.76. The number of anilines is 1. The molecule has 9 heteroatoms. The smallest absolute Gasteiger partial charge is 0.271 e. The number of nitro benzene ring substituents is 1. The maximum Gasteiger partial charge on any atom is 0.271 e. The number of aromatic nitrogens is 2. The molecule has 158 valence electrons. The zero-order valence-electron chi connectivity index (χ0n) is 16.9. The number of nitrogens with one attached hydrogen (secondary N) is 1. The molecule has 4 rings (SSSR count). The van der Waals surface area contributed by atoms with Crippen LogP contribution in [0.5, 0.6) is 0 Å². The Morgan fingerprint density at radius 1 is 1.06 bits per heavy atom. The molecule has 0 radical (unpaired) electrons. The van der Waals surface area contributed by atoms with Crippen LogP contribution in [0.4, 0.5) is 11.4 Å². The molecule has 0 aliphatic heterocycles. The second-order valence-electron chi connectivity index (χ2n) is 7.07. The Kier molecular flexibility index (Phi) is 5.20. The van der Waals surface area contributed by atoms with E-state index in [1.165, 1.54) is 12.1 Å². The van der Waals surface area contributed by atoms with Crippen molar-refractivity contribution in [1.82, 2.24) is 9.55 Å². The minimum atomic E-state index is -3.80. The Morgan fingerprint density at radius 3 is 2.45 bits per heavy atom. The maximum atomic E-state index is 12.9. The van der Waals surface area contributed by atoms with Gasteiger partial charge in [0.2, 0.25) is 0 Å². The maximum absolute atomic E-state index is 12.9. The van der Waals surface area contributed by atoms with Crippen LogP contribution >= 0.6 is 0 Å². The van der Waals surface area contributed by atoms with Gasteiger partial charge in [-0.2, -0.15) is 0 Å². The Labute approximate surface area is 179 Å². The quantitative estimate of drug-likeness (QED) is 0.347. The molecule has 8 nitrogen and oxygen atoms in total. The van der Waals surface area contributed by atoms with Crippen molar-refractivity contribution in [3.63, 3.8) is 0 Å². The van der Waals surface area contributed by atoms with E-state index in [1.54, 1.807) is 54.6 Å². The normalized spacial score (nSPS) is 11.5. The first kappa shape index (κ1) is 20.5. The molecule has 3 aromatic carbocycles. The number of nitro groups is 1. The Morgan fingerprint density at radius 2 is 1.77 bits per heavy atom. The first-order valence-electron chi connectivity index (χ1n) is 9.63. The summed E-state index contributed by atoms with van der Waals surface area (Å²) in [7, 11) is -3.80. The largest absolute Gasteiger partial charge is 0.324 e. The second kappa shape index (κ2) is 7.84. The van der Waals surface area contributed by atoms with Crippen molar-refractivity contribution in [2.24, 2.45) is 0 Å². The lowest BCUT2D eigenvalue weighted by molar-refractivity contribution is -0.384. The molecular weight excluding hydrogens is 416 g/mol. The van der Waals surface area contributed by atoms with Crippen LogP contribution in [-0.4, -0.2) is 22.9 Å². The van der Waals surface area contributed by atoms with Crippen LogP contribution in [-0.2, 0) is 16.6 Å². The molecule has 1 N–H and O–H groups in total. The van der Waals surface area contributed by atoms with Crippen LogP contribution in [0, 0.1) is 17.0 Å². The topological polar surface area (TPSA) is 107 Å². The molecule has 0 aliphatic carbocycles. The molecule has 0 atom stereocenters. The Hall–Kier alpha value is -3.72. The molecule has 0 aliphatic rings. The van der Waals surface area contributed by atoms with Gasteiger partial charge in [-0.05, 0) is 44.2 Å². The van der Waals surface area contributed by atoms with Crippen molar-refractivity contribution in [2.75, 3.05) is 4.72 Å². The fourth-order valence-electron chi connectivity index (χ4n) is 3.45. The van der Waals surface area contributed by atoms with Gasteiger partial charge in [0.25, 0.3) is 15.7 Å². The summed E-state index contributed by atoms with van der Waals surface area (Å²) < 4.78 is 30.4. The molecule has 4 aromatic rings. The van der Waals surface area contributed by atoms with Gasteiger partial charge in [-0.1, -0.05) is 29.8 Å². The lowest BCUT2D eigenvalue weighted by Crippen LogP contribution is -2.14. The number of benzene rings is 3. The van der Waals surface area contributed by atoms with Gasteiger partial charge in [-0.15, -0.1) is 0 Å². The van der Waals surface area contributed by atoms with Gasteiger partial charge in [0.05, 0.1) is 26.5 Å². The van der Waals surface area contributed by atoms with Gasteiger partial charge in [0.15, 0.2) is 0 Å². The average Bonchev–Trinajstić information content (AvgIpc) is 3.11. The lowest BCUT2D eigenvalue weighted by atomic mass is 10.1. The molecule has 0 amide bonds. The summed E-state index contributed by atoms with van der Waals surface area (Å²) in [5.74, 6) is 0.528. The van der Waals surface area contributed by atoms with E-state index in [0.717, 1.165) is 11.1 Å². The molecular formula is C22H20N4O4S. The number of para-hydroxylation sites is 1. The van der Waals surface area contributed by atoms with E-state index in [9.17, 15) is 18.5 Å². The van der Waals surface area contributed by atoms with Gasteiger partial charge in [-0.3, -0.25) is 14.8 Å². The lowest BCUT2D eigenvalue weighted by Gasteiger charge is -2.13. The predicted molar refractivity (Wildman–Crippen MR) is 119 cm³/mol. The van der Waals surface area contributed by atoms with Gasteiger partial charge in [-0.25, -0.2) is 13.4 Å². The minimum Gasteiger partial charge on any atom is -0.324 e. The van der Waals surface area contributed by atoms with Crippen LogP contribution in [0.3, 0.4) is 0 Å². The standard InChI is InChI=1S/C22H20N4O4S/c1-3-25-21-13-10-16(26(27)28)14-20(21)23-22(25)18-6-4-5-7-19(18)24-31(29,30)17-11-8-15(2)9-12-17/h4-14,24H,3H2,1-2H3. The van der Waals surface area contributed by atoms with E-state index in [1.807, 2.05) is 18.4 Å². The van der Waals surface area contributed by atoms with Gasteiger partial charge in [0.1, 0.15) is 5.82 Å². The number of hydrogen-bond donors (Lipinski definition) is 1. The van der Waals surface area contributed by atoms with E-state index < -0.39 is 14.9 Å². The fourth-order valence-corrected chi connectivity index (χ4v) is 4.53. The molecule has 31 heavy (non-hydrogen) atoms. The van der Waals surface area contributed by atoms with Crippen molar-refractivity contribution >= 4 is 32.4 Å². The number of sulfonamides is 1. The summed E-state index contributed by atoms with van der Waals surface area (Å²) in [5.41, 5.74) is 3.08. The minimum absolute atomic E-state index is 0.0480.